The zero-order chi connectivity index (χ0) is 10.6. The summed E-state index contributed by atoms with van der Waals surface area (Å²) >= 11 is 1.36. The molecule has 0 aromatic carbocycles. The summed E-state index contributed by atoms with van der Waals surface area (Å²) in [6, 6.07) is 3.50. The van der Waals surface area contributed by atoms with E-state index in [1.807, 2.05) is 13.0 Å². The van der Waals surface area contributed by atoms with E-state index in [-0.39, 0.29) is 5.25 Å². The standard InChI is InChI=1S/C9H11N3OS/c1-6(13)7(2)14-9-11-4-3-8(5-10)12-9/h3-4,6-7,13H,1-2H3. The second kappa shape index (κ2) is 4.94. The van der Waals surface area contributed by atoms with Gasteiger partial charge in [-0.2, -0.15) is 5.26 Å². The van der Waals surface area contributed by atoms with Gasteiger partial charge in [0.1, 0.15) is 11.8 Å². The third-order valence-electron chi connectivity index (χ3n) is 1.72. The van der Waals surface area contributed by atoms with Crippen molar-refractivity contribution in [2.75, 3.05) is 0 Å². The number of nitrogens with zero attached hydrogens (tertiary/aromatic N) is 3. The van der Waals surface area contributed by atoms with Gasteiger partial charge < -0.3 is 5.11 Å². The van der Waals surface area contributed by atoms with Crippen molar-refractivity contribution in [2.24, 2.45) is 0 Å². The largest absolute Gasteiger partial charge is 0.392 e. The molecule has 1 aromatic rings. The molecule has 0 spiro atoms. The van der Waals surface area contributed by atoms with Crippen LogP contribution in [0.2, 0.25) is 0 Å². The van der Waals surface area contributed by atoms with Gasteiger partial charge in [-0.3, -0.25) is 0 Å². The predicted octanol–water partition coefficient (Wildman–Crippen LogP) is 1.21. The SMILES string of the molecule is CC(O)C(C)Sc1nccc(C#N)n1. The van der Waals surface area contributed by atoms with Crippen molar-refractivity contribution >= 4 is 11.8 Å². The maximum absolute atomic E-state index is 9.27. The normalized spacial score (nSPS) is 14.4. The summed E-state index contributed by atoms with van der Waals surface area (Å²) in [5.41, 5.74) is 0.347. The summed E-state index contributed by atoms with van der Waals surface area (Å²) in [5, 5.41) is 18.4. The Balaban J connectivity index is 2.73. The lowest BCUT2D eigenvalue weighted by atomic mass is 10.3. The number of aliphatic hydroxyl groups is 1. The van der Waals surface area contributed by atoms with Crippen LogP contribution < -0.4 is 0 Å². The fraction of sp³-hybridized carbons (Fsp3) is 0.444. The molecular weight excluding hydrogens is 198 g/mol. The van der Waals surface area contributed by atoms with Crippen LogP contribution in [0.15, 0.2) is 17.4 Å². The van der Waals surface area contributed by atoms with Crippen LogP contribution in [0.3, 0.4) is 0 Å². The molecule has 5 heteroatoms. The van der Waals surface area contributed by atoms with Crippen molar-refractivity contribution in [3.8, 4) is 6.07 Å². The molecule has 0 bridgehead atoms. The Hall–Kier alpha value is -1.12. The maximum atomic E-state index is 9.27. The Morgan fingerprint density at radius 3 is 2.86 bits per heavy atom. The molecule has 74 valence electrons. The molecule has 0 saturated heterocycles. The molecule has 0 aliphatic carbocycles. The summed E-state index contributed by atoms with van der Waals surface area (Å²) in [7, 11) is 0. The van der Waals surface area contributed by atoms with Gasteiger partial charge in [0.2, 0.25) is 0 Å². The fourth-order valence-electron chi connectivity index (χ4n) is 0.725. The molecule has 0 aliphatic rings. The van der Waals surface area contributed by atoms with E-state index in [1.165, 1.54) is 11.8 Å². The highest BCUT2D eigenvalue weighted by atomic mass is 32.2. The zero-order valence-corrected chi connectivity index (χ0v) is 8.82. The van der Waals surface area contributed by atoms with Crippen LogP contribution in [0.25, 0.3) is 0 Å². The highest BCUT2D eigenvalue weighted by Gasteiger charge is 2.12. The number of hydrogen-bond donors (Lipinski definition) is 1. The molecule has 14 heavy (non-hydrogen) atoms. The van der Waals surface area contributed by atoms with E-state index in [0.717, 1.165) is 0 Å². The number of aromatic nitrogens is 2. The third kappa shape index (κ3) is 2.98. The zero-order valence-electron chi connectivity index (χ0n) is 8.01. The first-order valence-corrected chi connectivity index (χ1v) is 5.09. The lowest BCUT2D eigenvalue weighted by molar-refractivity contribution is 0.196. The first kappa shape index (κ1) is 11.0. The van der Waals surface area contributed by atoms with Crippen LogP contribution in [0, 0.1) is 11.3 Å². The molecule has 2 atom stereocenters. The summed E-state index contributed by atoms with van der Waals surface area (Å²) < 4.78 is 0. The van der Waals surface area contributed by atoms with Gasteiger partial charge in [0, 0.05) is 11.4 Å². The van der Waals surface area contributed by atoms with E-state index < -0.39 is 6.10 Å². The van der Waals surface area contributed by atoms with E-state index in [0.29, 0.717) is 10.9 Å². The van der Waals surface area contributed by atoms with Gasteiger partial charge in [-0.25, -0.2) is 9.97 Å². The number of aliphatic hydroxyl groups excluding tert-OH is 1. The monoisotopic (exact) mass is 209 g/mol. The average Bonchev–Trinajstić information content (AvgIpc) is 2.18. The summed E-state index contributed by atoms with van der Waals surface area (Å²) in [6.07, 6.45) is 1.12. The Morgan fingerprint density at radius 1 is 1.57 bits per heavy atom. The highest BCUT2D eigenvalue weighted by molar-refractivity contribution is 7.99. The van der Waals surface area contributed by atoms with Crippen molar-refractivity contribution in [2.45, 2.75) is 30.4 Å². The van der Waals surface area contributed by atoms with Crippen LogP contribution in [0.4, 0.5) is 0 Å². The van der Waals surface area contributed by atoms with E-state index >= 15 is 0 Å². The van der Waals surface area contributed by atoms with Gasteiger partial charge in [-0.15, -0.1) is 0 Å². The molecule has 0 saturated carbocycles. The predicted molar refractivity (Wildman–Crippen MR) is 53.7 cm³/mol. The van der Waals surface area contributed by atoms with E-state index in [9.17, 15) is 5.11 Å². The highest BCUT2D eigenvalue weighted by Crippen LogP contribution is 2.21. The summed E-state index contributed by atoms with van der Waals surface area (Å²) in [4.78, 5) is 7.99. The maximum Gasteiger partial charge on any atom is 0.189 e. The van der Waals surface area contributed by atoms with Crippen molar-refractivity contribution in [3.63, 3.8) is 0 Å². The Bertz CT molecular complexity index is 348. The van der Waals surface area contributed by atoms with Gasteiger partial charge in [0.25, 0.3) is 0 Å². The smallest absolute Gasteiger partial charge is 0.189 e. The summed E-state index contributed by atoms with van der Waals surface area (Å²) in [6.45, 7) is 3.60. The number of thioether (sulfide) groups is 1. The lowest BCUT2D eigenvalue weighted by Crippen LogP contribution is -2.15. The Kier molecular flexibility index (Phi) is 3.86. The first-order chi connectivity index (χ1) is 6.63. The molecule has 1 rings (SSSR count). The van der Waals surface area contributed by atoms with Crippen molar-refractivity contribution in [1.82, 2.24) is 9.97 Å². The quantitative estimate of drug-likeness (QED) is 0.598. The van der Waals surface area contributed by atoms with E-state index in [4.69, 9.17) is 5.26 Å². The van der Waals surface area contributed by atoms with Gasteiger partial charge in [-0.05, 0) is 13.0 Å². The molecule has 0 aliphatic heterocycles. The first-order valence-electron chi connectivity index (χ1n) is 4.21. The fourth-order valence-corrected chi connectivity index (χ4v) is 1.53. The molecule has 4 nitrogen and oxygen atoms in total. The molecule has 2 unspecified atom stereocenters. The minimum atomic E-state index is -0.422. The van der Waals surface area contributed by atoms with Crippen LogP contribution >= 0.6 is 11.8 Å². The van der Waals surface area contributed by atoms with Crippen LogP contribution in [-0.2, 0) is 0 Å². The molecule has 1 heterocycles. The minimum Gasteiger partial charge on any atom is -0.392 e. The van der Waals surface area contributed by atoms with Crippen molar-refractivity contribution < 1.29 is 5.11 Å². The molecule has 0 radical (unpaired) electrons. The van der Waals surface area contributed by atoms with E-state index in [2.05, 4.69) is 9.97 Å². The lowest BCUT2D eigenvalue weighted by Gasteiger charge is -2.12. The van der Waals surface area contributed by atoms with E-state index in [1.54, 1.807) is 19.2 Å². The molecular formula is C9H11N3OS. The van der Waals surface area contributed by atoms with Gasteiger partial charge in [0.05, 0.1) is 6.10 Å². The summed E-state index contributed by atoms with van der Waals surface area (Å²) in [5.74, 6) is 0. The molecule has 0 fully saturated rings. The number of hydrogen-bond acceptors (Lipinski definition) is 5. The van der Waals surface area contributed by atoms with Crippen LogP contribution in [-0.4, -0.2) is 26.4 Å². The molecule has 1 N–H and O–H groups in total. The third-order valence-corrected chi connectivity index (χ3v) is 2.89. The minimum absolute atomic E-state index is 0.0175. The van der Waals surface area contributed by atoms with Crippen LogP contribution in [0.5, 0.6) is 0 Å². The number of nitriles is 1. The topological polar surface area (TPSA) is 69.8 Å². The Morgan fingerprint density at radius 2 is 2.29 bits per heavy atom. The second-order valence-electron chi connectivity index (χ2n) is 2.90. The van der Waals surface area contributed by atoms with Gasteiger partial charge >= 0.3 is 0 Å². The average molecular weight is 209 g/mol. The molecule has 1 aromatic heterocycles. The number of rotatable bonds is 3. The van der Waals surface area contributed by atoms with Crippen molar-refractivity contribution in [1.29, 1.82) is 5.26 Å². The van der Waals surface area contributed by atoms with Gasteiger partial charge in [-0.1, -0.05) is 18.7 Å². The van der Waals surface area contributed by atoms with Gasteiger partial charge in [0.15, 0.2) is 5.16 Å². The Labute approximate surface area is 87.0 Å². The van der Waals surface area contributed by atoms with Crippen LogP contribution in [0.1, 0.15) is 19.5 Å². The van der Waals surface area contributed by atoms with Crippen molar-refractivity contribution in [3.05, 3.63) is 18.0 Å². The second-order valence-corrected chi connectivity index (χ2v) is 4.24. The molecule has 0 amide bonds.